The second-order valence-electron chi connectivity index (χ2n) is 4.01. The molecule has 0 aliphatic rings. The Hall–Kier alpha value is -0.630. The van der Waals surface area contributed by atoms with Crippen molar-refractivity contribution < 1.29 is 4.39 Å². The molecule has 0 fully saturated rings. The summed E-state index contributed by atoms with van der Waals surface area (Å²) in [6.45, 7) is 4.28. The third kappa shape index (κ3) is 3.62. The molecule has 0 aliphatic heterocycles. The number of alkyl halides is 1. The van der Waals surface area contributed by atoms with E-state index in [2.05, 4.69) is 35.9 Å². The van der Waals surface area contributed by atoms with Crippen molar-refractivity contribution in [1.29, 1.82) is 0 Å². The monoisotopic (exact) mass is 256 g/mol. The predicted octanol–water partition coefficient (Wildman–Crippen LogP) is 4.26. The third-order valence-electron chi connectivity index (χ3n) is 1.94. The van der Waals surface area contributed by atoms with Crippen LogP contribution in [0.3, 0.4) is 0 Å². The van der Waals surface area contributed by atoms with Gasteiger partial charge in [-0.05, 0) is 23.1 Å². The van der Waals surface area contributed by atoms with E-state index in [0.717, 1.165) is 10.9 Å². The highest BCUT2D eigenvalue weighted by molar-refractivity contribution is 9.09. The van der Waals surface area contributed by atoms with Crippen LogP contribution in [0.25, 0.3) is 6.08 Å². The van der Waals surface area contributed by atoms with E-state index in [0.29, 0.717) is 0 Å². The van der Waals surface area contributed by atoms with Gasteiger partial charge in [0, 0.05) is 5.33 Å². The normalized spacial score (nSPS) is 12.3. The minimum absolute atomic E-state index is 0.133. The molecule has 1 aromatic rings. The summed E-state index contributed by atoms with van der Waals surface area (Å²) in [5, 5.41) is 0.914. The van der Waals surface area contributed by atoms with E-state index in [-0.39, 0.29) is 11.2 Å². The van der Waals surface area contributed by atoms with Crippen molar-refractivity contribution in [1.82, 2.24) is 0 Å². The van der Waals surface area contributed by atoms with Gasteiger partial charge in [-0.15, -0.1) is 0 Å². The van der Waals surface area contributed by atoms with E-state index in [1.165, 1.54) is 12.1 Å². The van der Waals surface area contributed by atoms with Gasteiger partial charge in [0.05, 0.1) is 0 Å². The molecule has 0 spiro atoms. The molecule has 0 heterocycles. The number of hydrogen-bond donors (Lipinski definition) is 0. The van der Waals surface area contributed by atoms with Gasteiger partial charge in [0.1, 0.15) is 5.82 Å². The van der Waals surface area contributed by atoms with Gasteiger partial charge in [-0.1, -0.05) is 54.1 Å². The van der Waals surface area contributed by atoms with Gasteiger partial charge in [0.15, 0.2) is 0 Å². The molecule has 0 atom stereocenters. The molecule has 0 aromatic heterocycles. The van der Waals surface area contributed by atoms with Gasteiger partial charge in [0.2, 0.25) is 0 Å². The fourth-order valence-electron chi connectivity index (χ4n) is 0.940. The molecule has 2 heteroatoms. The Bertz CT molecular complexity index is 312. The Morgan fingerprint density at radius 2 is 1.86 bits per heavy atom. The second-order valence-corrected chi connectivity index (χ2v) is 4.57. The summed E-state index contributed by atoms with van der Waals surface area (Å²) < 4.78 is 12.6. The molecule has 76 valence electrons. The average Bonchev–Trinajstić information content (AvgIpc) is 2.17. The lowest BCUT2D eigenvalue weighted by Crippen LogP contribution is -2.07. The van der Waals surface area contributed by atoms with Crippen LogP contribution < -0.4 is 0 Å². The highest BCUT2D eigenvalue weighted by Crippen LogP contribution is 2.21. The van der Waals surface area contributed by atoms with E-state index < -0.39 is 0 Å². The topological polar surface area (TPSA) is 0 Å². The molecule has 0 aliphatic carbocycles. The van der Waals surface area contributed by atoms with Crippen molar-refractivity contribution >= 4 is 22.0 Å². The number of hydrogen-bond acceptors (Lipinski definition) is 0. The summed E-state index contributed by atoms with van der Waals surface area (Å²) in [5.74, 6) is -0.193. The number of allylic oxidation sites excluding steroid dienone is 1. The van der Waals surface area contributed by atoms with E-state index >= 15 is 0 Å². The van der Waals surface area contributed by atoms with Crippen LogP contribution in [0.5, 0.6) is 0 Å². The van der Waals surface area contributed by atoms with Crippen LogP contribution in [-0.4, -0.2) is 5.33 Å². The van der Waals surface area contributed by atoms with E-state index in [1.54, 1.807) is 12.1 Å². The van der Waals surface area contributed by atoms with Crippen molar-refractivity contribution in [3.63, 3.8) is 0 Å². The molecule has 14 heavy (non-hydrogen) atoms. The summed E-state index contributed by atoms with van der Waals surface area (Å²) in [4.78, 5) is 0. The summed E-state index contributed by atoms with van der Waals surface area (Å²) in [6.07, 6.45) is 4.13. The Morgan fingerprint density at radius 1 is 1.29 bits per heavy atom. The average molecular weight is 257 g/mol. The zero-order chi connectivity index (χ0) is 10.6. The molecule has 0 saturated carbocycles. The number of halogens is 2. The Kier molecular flexibility index (Phi) is 3.87. The van der Waals surface area contributed by atoms with Gasteiger partial charge in [-0.25, -0.2) is 4.39 Å². The largest absolute Gasteiger partial charge is 0.207 e. The van der Waals surface area contributed by atoms with Gasteiger partial charge in [-0.3, -0.25) is 0 Å². The zero-order valence-electron chi connectivity index (χ0n) is 8.43. The van der Waals surface area contributed by atoms with Gasteiger partial charge in [0.25, 0.3) is 0 Å². The fraction of sp³-hybridized carbons (Fsp3) is 0.333. The third-order valence-corrected chi connectivity index (χ3v) is 3.39. The smallest absolute Gasteiger partial charge is 0.123 e. The van der Waals surface area contributed by atoms with Crippen LogP contribution in [0.15, 0.2) is 30.3 Å². The fourth-order valence-corrected chi connectivity index (χ4v) is 1.13. The van der Waals surface area contributed by atoms with Crippen LogP contribution in [0.4, 0.5) is 4.39 Å². The van der Waals surface area contributed by atoms with Gasteiger partial charge >= 0.3 is 0 Å². The van der Waals surface area contributed by atoms with E-state index in [4.69, 9.17) is 0 Å². The first-order valence-electron chi connectivity index (χ1n) is 4.54. The summed E-state index contributed by atoms with van der Waals surface area (Å²) in [7, 11) is 0. The van der Waals surface area contributed by atoms with Gasteiger partial charge < -0.3 is 0 Å². The van der Waals surface area contributed by atoms with E-state index in [1.807, 2.05) is 6.08 Å². The SMILES string of the molecule is CC(C)(/C=C/c1ccc(F)cc1)CBr. The van der Waals surface area contributed by atoms with Crippen molar-refractivity contribution in [2.75, 3.05) is 5.33 Å². The maximum absolute atomic E-state index is 12.6. The lowest BCUT2D eigenvalue weighted by atomic mass is 9.95. The van der Waals surface area contributed by atoms with Crippen LogP contribution in [0.2, 0.25) is 0 Å². The van der Waals surface area contributed by atoms with Crippen molar-refractivity contribution in [2.24, 2.45) is 5.41 Å². The second kappa shape index (κ2) is 4.74. The first-order chi connectivity index (χ1) is 6.53. The molecule has 0 saturated heterocycles. The van der Waals surface area contributed by atoms with Crippen LogP contribution >= 0.6 is 15.9 Å². The zero-order valence-corrected chi connectivity index (χ0v) is 10.0. The van der Waals surface area contributed by atoms with Crippen LogP contribution in [0, 0.1) is 11.2 Å². The maximum atomic E-state index is 12.6. The van der Waals surface area contributed by atoms with Gasteiger partial charge in [-0.2, -0.15) is 0 Å². The minimum Gasteiger partial charge on any atom is -0.207 e. The molecule has 1 rings (SSSR count). The summed E-state index contributed by atoms with van der Waals surface area (Å²) in [6, 6.07) is 6.49. The lowest BCUT2D eigenvalue weighted by molar-refractivity contribution is 0.564. The number of benzene rings is 1. The molecule has 1 aromatic carbocycles. The summed E-state index contributed by atoms with van der Waals surface area (Å²) >= 11 is 3.44. The molecule has 0 amide bonds. The standard InChI is InChI=1S/C12H14BrF/c1-12(2,9-13)8-7-10-3-5-11(14)6-4-10/h3-8H,9H2,1-2H3/b8-7+. The summed E-state index contributed by atoms with van der Waals surface area (Å²) in [5.41, 5.74) is 1.16. The molecule has 0 bridgehead atoms. The maximum Gasteiger partial charge on any atom is 0.123 e. The molecule has 0 N–H and O–H groups in total. The molecule has 0 nitrogen and oxygen atoms in total. The number of rotatable bonds is 3. The van der Waals surface area contributed by atoms with Crippen molar-refractivity contribution in [2.45, 2.75) is 13.8 Å². The first-order valence-corrected chi connectivity index (χ1v) is 5.66. The van der Waals surface area contributed by atoms with Crippen molar-refractivity contribution in [3.05, 3.63) is 41.7 Å². The predicted molar refractivity (Wildman–Crippen MR) is 63.0 cm³/mol. The highest BCUT2D eigenvalue weighted by Gasteiger charge is 2.10. The first kappa shape index (κ1) is 11.4. The molecule has 0 unspecified atom stereocenters. The Balaban J connectivity index is 2.74. The Morgan fingerprint density at radius 3 is 2.36 bits per heavy atom. The lowest BCUT2D eigenvalue weighted by Gasteiger charge is -2.15. The molecular formula is C12H14BrF. The minimum atomic E-state index is -0.193. The van der Waals surface area contributed by atoms with E-state index in [9.17, 15) is 4.39 Å². The molecule has 0 radical (unpaired) electrons. The highest BCUT2D eigenvalue weighted by atomic mass is 79.9. The van der Waals surface area contributed by atoms with Crippen LogP contribution in [0.1, 0.15) is 19.4 Å². The van der Waals surface area contributed by atoms with Crippen molar-refractivity contribution in [3.8, 4) is 0 Å². The quantitative estimate of drug-likeness (QED) is 0.710. The van der Waals surface area contributed by atoms with Crippen LogP contribution in [-0.2, 0) is 0 Å². The Labute approximate surface area is 93.0 Å². The molecular weight excluding hydrogens is 243 g/mol.